The van der Waals surface area contributed by atoms with Crippen LogP contribution in [-0.2, 0) is 23.0 Å². The van der Waals surface area contributed by atoms with E-state index in [0.29, 0.717) is 23.8 Å². The number of nitrogens with two attached hydrogens (primary N) is 1. The molecule has 0 aliphatic rings. The van der Waals surface area contributed by atoms with Crippen LogP contribution >= 0.6 is 0 Å². The molecular formula is C16H28N2O2S. The van der Waals surface area contributed by atoms with Gasteiger partial charge in [0.1, 0.15) is 0 Å². The molecule has 3 N–H and O–H groups in total. The molecule has 1 rings (SSSR count). The average molecular weight is 312 g/mol. The van der Waals surface area contributed by atoms with Gasteiger partial charge in [-0.15, -0.1) is 0 Å². The smallest absolute Gasteiger partial charge is 0.241 e. The van der Waals surface area contributed by atoms with Crippen LogP contribution in [0.25, 0.3) is 0 Å². The summed E-state index contributed by atoms with van der Waals surface area (Å²) in [7, 11) is -3.49. The highest BCUT2D eigenvalue weighted by molar-refractivity contribution is 7.89. The molecule has 5 heteroatoms. The second kappa shape index (κ2) is 7.92. The fraction of sp³-hybridized carbons (Fsp3) is 0.625. The first kappa shape index (κ1) is 18.1. The lowest BCUT2D eigenvalue weighted by Gasteiger charge is -2.19. The zero-order chi connectivity index (χ0) is 16.0. The van der Waals surface area contributed by atoms with Crippen molar-refractivity contribution in [3.8, 4) is 0 Å². The summed E-state index contributed by atoms with van der Waals surface area (Å²) >= 11 is 0. The van der Waals surface area contributed by atoms with Gasteiger partial charge in [-0.1, -0.05) is 39.3 Å². The Labute approximate surface area is 129 Å². The van der Waals surface area contributed by atoms with Crippen molar-refractivity contribution in [2.45, 2.75) is 64.4 Å². The topological polar surface area (TPSA) is 72.2 Å². The van der Waals surface area contributed by atoms with Crippen LogP contribution in [0.2, 0.25) is 0 Å². The lowest BCUT2D eigenvalue weighted by molar-refractivity contribution is 0.445. The van der Waals surface area contributed by atoms with Crippen LogP contribution in [-0.4, -0.2) is 14.5 Å². The minimum Gasteiger partial charge on any atom is -0.326 e. The largest absolute Gasteiger partial charge is 0.326 e. The van der Waals surface area contributed by atoms with Gasteiger partial charge >= 0.3 is 0 Å². The SMILES string of the molecule is CCc1ccc(CN)cc1S(=O)(=O)NC(C)CC(C)CC. The Balaban J connectivity index is 3.01. The third kappa shape index (κ3) is 5.09. The van der Waals surface area contributed by atoms with Gasteiger partial charge in [-0.25, -0.2) is 13.1 Å². The van der Waals surface area contributed by atoms with Gasteiger partial charge in [-0.05, 0) is 42.9 Å². The van der Waals surface area contributed by atoms with E-state index in [1.807, 2.05) is 26.0 Å². The number of aryl methyl sites for hydroxylation is 1. The summed E-state index contributed by atoms with van der Waals surface area (Å²) < 4.78 is 28.0. The van der Waals surface area contributed by atoms with E-state index in [2.05, 4.69) is 18.6 Å². The standard InChI is InChI=1S/C16H28N2O2S/c1-5-12(3)9-13(4)18-21(19,20)16-10-14(11-17)7-8-15(16)6-2/h7-8,10,12-13,18H,5-6,9,11,17H2,1-4H3. The van der Waals surface area contributed by atoms with Crippen molar-refractivity contribution >= 4 is 10.0 Å². The quantitative estimate of drug-likeness (QED) is 0.775. The van der Waals surface area contributed by atoms with Crippen molar-refractivity contribution in [2.75, 3.05) is 0 Å². The normalized spacial score (nSPS) is 14.9. The van der Waals surface area contributed by atoms with Gasteiger partial charge in [0.05, 0.1) is 4.90 Å². The second-order valence-corrected chi connectivity index (χ2v) is 7.45. The minimum atomic E-state index is -3.49. The molecule has 0 heterocycles. The maximum Gasteiger partial charge on any atom is 0.241 e. The molecule has 0 saturated heterocycles. The first-order valence-corrected chi connectivity index (χ1v) is 9.16. The van der Waals surface area contributed by atoms with E-state index in [0.717, 1.165) is 24.0 Å². The van der Waals surface area contributed by atoms with Crippen LogP contribution in [0.5, 0.6) is 0 Å². The molecule has 0 amide bonds. The Morgan fingerprint density at radius 2 is 1.90 bits per heavy atom. The molecule has 0 bridgehead atoms. The van der Waals surface area contributed by atoms with Gasteiger partial charge in [0.2, 0.25) is 10.0 Å². The number of hydrogen-bond acceptors (Lipinski definition) is 3. The van der Waals surface area contributed by atoms with Crippen LogP contribution in [0.4, 0.5) is 0 Å². The highest BCUT2D eigenvalue weighted by atomic mass is 32.2. The van der Waals surface area contributed by atoms with Crippen molar-refractivity contribution in [2.24, 2.45) is 11.7 Å². The Kier molecular flexibility index (Phi) is 6.84. The molecule has 0 aliphatic heterocycles. The van der Waals surface area contributed by atoms with Gasteiger partial charge in [0.25, 0.3) is 0 Å². The Morgan fingerprint density at radius 1 is 1.24 bits per heavy atom. The lowest BCUT2D eigenvalue weighted by atomic mass is 10.0. The average Bonchev–Trinajstić information content (AvgIpc) is 2.45. The second-order valence-electron chi connectivity index (χ2n) is 5.77. The molecular weight excluding hydrogens is 284 g/mol. The molecule has 1 aromatic carbocycles. The van der Waals surface area contributed by atoms with Gasteiger partial charge in [-0.3, -0.25) is 0 Å². The van der Waals surface area contributed by atoms with Crippen LogP contribution in [0.1, 0.15) is 51.7 Å². The third-order valence-electron chi connectivity index (χ3n) is 3.85. The van der Waals surface area contributed by atoms with E-state index in [-0.39, 0.29) is 6.04 Å². The predicted molar refractivity (Wildman–Crippen MR) is 87.6 cm³/mol. The molecule has 120 valence electrons. The highest BCUT2D eigenvalue weighted by Gasteiger charge is 2.21. The van der Waals surface area contributed by atoms with Gasteiger partial charge < -0.3 is 5.73 Å². The highest BCUT2D eigenvalue weighted by Crippen LogP contribution is 2.20. The fourth-order valence-corrected chi connectivity index (χ4v) is 4.03. The van der Waals surface area contributed by atoms with Crippen molar-refractivity contribution in [3.63, 3.8) is 0 Å². The Hall–Kier alpha value is -0.910. The van der Waals surface area contributed by atoms with Crippen LogP contribution in [0.15, 0.2) is 23.1 Å². The fourth-order valence-electron chi connectivity index (χ4n) is 2.41. The van der Waals surface area contributed by atoms with Crippen LogP contribution in [0.3, 0.4) is 0 Å². The van der Waals surface area contributed by atoms with Crippen molar-refractivity contribution in [3.05, 3.63) is 29.3 Å². The molecule has 21 heavy (non-hydrogen) atoms. The summed E-state index contributed by atoms with van der Waals surface area (Å²) in [4.78, 5) is 0.365. The predicted octanol–water partition coefficient (Wildman–Crippen LogP) is 2.81. The van der Waals surface area contributed by atoms with Crippen molar-refractivity contribution in [1.82, 2.24) is 4.72 Å². The first-order valence-electron chi connectivity index (χ1n) is 7.68. The van der Waals surface area contributed by atoms with E-state index < -0.39 is 10.0 Å². The van der Waals surface area contributed by atoms with Crippen LogP contribution < -0.4 is 10.5 Å². The molecule has 0 radical (unpaired) electrons. The van der Waals surface area contributed by atoms with Gasteiger partial charge in [0, 0.05) is 12.6 Å². The summed E-state index contributed by atoms with van der Waals surface area (Å²) in [6, 6.07) is 5.37. The molecule has 1 aromatic rings. The lowest BCUT2D eigenvalue weighted by Crippen LogP contribution is -2.34. The van der Waals surface area contributed by atoms with Crippen molar-refractivity contribution in [1.29, 1.82) is 0 Å². The number of hydrogen-bond donors (Lipinski definition) is 2. The number of nitrogens with one attached hydrogen (secondary N) is 1. The molecule has 0 aromatic heterocycles. The molecule has 0 fully saturated rings. The Bertz CT molecular complexity index is 555. The molecule has 2 unspecified atom stereocenters. The van der Waals surface area contributed by atoms with E-state index in [1.165, 1.54) is 0 Å². The molecule has 0 spiro atoms. The van der Waals surface area contributed by atoms with Crippen LogP contribution in [0, 0.1) is 5.92 Å². The zero-order valence-electron chi connectivity index (χ0n) is 13.5. The molecule has 0 saturated carbocycles. The summed E-state index contributed by atoms with van der Waals surface area (Å²) in [5.74, 6) is 0.503. The number of sulfonamides is 1. The third-order valence-corrected chi connectivity index (χ3v) is 5.52. The minimum absolute atomic E-state index is 0.0730. The zero-order valence-corrected chi connectivity index (χ0v) is 14.3. The summed E-state index contributed by atoms with van der Waals surface area (Å²) in [6.45, 7) is 8.47. The molecule has 0 aliphatic carbocycles. The first-order chi connectivity index (χ1) is 9.83. The van der Waals surface area contributed by atoms with E-state index in [9.17, 15) is 8.42 Å². The maximum atomic E-state index is 12.6. The summed E-state index contributed by atoms with van der Waals surface area (Å²) in [5, 5.41) is 0. The molecule has 4 nitrogen and oxygen atoms in total. The van der Waals surface area contributed by atoms with Gasteiger partial charge in [0.15, 0.2) is 0 Å². The van der Waals surface area contributed by atoms with E-state index in [4.69, 9.17) is 5.73 Å². The van der Waals surface area contributed by atoms with Crippen molar-refractivity contribution < 1.29 is 8.42 Å². The maximum absolute atomic E-state index is 12.6. The monoisotopic (exact) mass is 312 g/mol. The Morgan fingerprint density at radius 3 is 2.43 bits per heavy atom. The van der Waals surface area contributed by atoms with E-state index in [1.54, 1.807) is 6.07 Å². The number of rotatable bonds is 8. The molecule has 2 atom stereocenters. The van der Waals surface area contributed by atoms with E-state index >= 15 is 0 Å². The van der Waals surface area contributed by atoms with Gasteiger partial charge in [-0.2, -0.15) is 0 Å². The number of benzene rings is 1. The summed E-state index contributed by atoms with van der Waals surface area (Å²) in [6.07, 6.45) is 2.57. The summed E-state index contributed by atoms with van der Waals surface area (Å²) in [5.41, 5.74) is 7.29.